The molecule has 4 aromatic rings. The van der Waals surface area contributed by atoms with Crippen molar-refractivity contribution in [3.63, 3.8) is 0 Å². The third-order valence-electron chi connectivity index (χ3n) is 4.91. The zero-order valence-electron chi connectivity index (χ0n) is 17.8. The number of benzene rings is 2. The van der Waals surface area contributed by atoms with E-state index in [0.717, 1.165) is 10.2 Å². The first-order valence-electron chi connectivity index (χ1n) is 9.99. The molecular formula is C24H18F4N2O3S. The van der Waals surface area contributed by atoms with E-state index in [9.17, 15) is 26.0 Å². The molecule has 5 nitrogen and oxygen atoms in total. The minimum atomic E-state index is -4.51. The van der Waals surface area contributed by atoms with E-state index in [0.29, 0.717) is 16.7 Å². The van der Waals surface area contributed by atoms with Crippen molar-refractivity contribution in [1.29, 1.82) is 0 Å². The number of nitrogens with zero attached hydrogens (tertiary/aromatic N) is 2. The highest BCUT2D eigenvalue weighted by Gasteiger charge is 2.28. The van der Waals surface area contributed by atoms with Gasteiger partial charge in [0.1, 0.15) is 11.6 Å². The van der Waals surface area contributed by atoms with Crippen LogP contribution >= 0.6 is 0 Å². The highest BCUT2D eigenvalue weighted by atomic mass is 32.2. The lowest BCUT2D eigenvalue weighted by Gasteiger charge is -2.13. The van der Waals surface area contributed by atoms with Gasteiger partial charge in [-0.3, -0.25) is 4.98 Å². The first kappa shape index (κ1) is 23.5. The second-order valence-electron chi connectivity index (χ2n) is 7.52. The van der Waals surface area contributed by atoms with Crippen LogP contribution in [-0.2, 0) is 10.0 Å². The molecule has 10 heteroatoms. The van der Waals surface area contributed by atoms with Gasteiger partial charge < -0.3 is 4.74 Å². The molecule has 0 N–H and O–H groups in total. The Morgan fingerprint density at radius 1 is 0.971 bits per heavy atom. The molecule has 0 bridgehead atoms. The Bertz CT molecular complexity index is 1450. The topological polar surface area (TPSA) is 61.2 Å². The fraction of sp³-hybridized carbons (Fsp3) is 0.125. The molecule has 0 aliphatic carbocycles. The largest absolute Gasteiger partial charge is 0.482 e. The number of aryl methyl sites for hydroxylation is 1. The van der Waals surface area contributed by atoms with E-state index < -0.39 is 28.6 Å². The predicted molar refractivity (Wildman–Crippen MR) is 118 cm³/mol. The average Bonchev–Trinajstić information content (AvgIpc) is 3.20. The van der Waals surface area contributed by atoms with Crippen LogP contribution in [0.25, 0.3) is 22.4 Å². The Kier molecular flexibility index (Phi) is 6.18. The summed E-state index contributed by atoms with van der Waals surface area (Å²) in [7, 11) is -4.13. The minimum Gasteiger partial charge on any atom is -0.482 e. The molecule has 34 heavy (non-hydrogen) atoms. The number of rotatable bonds is 6. The number of hydrogen-bond acceptors (Lipinski definition) is 4. The third kappa shape index (κ3) is 4.96. The van der Waals surface area contributed by atoms with Gasteiger partial charge in [-0.25, -0.2) is 16.8 Å². The number of pyridine rings is 1. The van der Waals surface area contributed by atoms with Gasteiger partial charge in [0.2, 0.25) is 0 Å². The molecule has 0 fully saturated rings. The fourth-order valence-electron chi connectivity index (χ4n) is 3.41. The van der Waals surface area contributed by atoms with Gasteiger partial charge >= 0.3 is 6.18 Å². The highest BCUT2D eigenvalue weighted by molar-refractivity contribution is 7.90. The number of alkyl halides is 3. The Balaban J connectivity index is 1.73. The normalized spacial score (nSPS) is 12.0. The Morgan fingerprint density at radius 3 is 2.47 bits per heavy atom. The van der Waals surface area contributed by atoms with Crippen LogP contribution in [0.5, 0.6) is 5.75 Å². The molecule has 0 saturated carbocycles. The molecule has 0 spiro atoms. The summed E-state index contributed by atoms with van der Waals surface area (Å²) in [6, 6.07) is 14.6. The van der Waals surface area contributed by atoms with Crippen LogP contribution in [0.4, 0.5) is 17.6 Å². The van der Waals surface area contributed by atoms with Gasteiger partial charge in [-0.2, -0.15) is 13.2 Å². The van der Waals surface area contributed by atoms with Gasteiger partial charge in [-0.1, -0.05) is 24.3 Å². The number of aromatic nitrogens is 2. The van der Waals surface area contributed by atoms with Crippen LogP contribution in [0.15, 0.2) is 84.1 Å². The molecule has 0 aliphatic heterocycles. The predicted octanol–water partition coefficient (Wildman–Crippen LogP) is 5.84. The van der Waals surface area contributed by atoms with E-state index in [4.69, 9.17) is 4.74 Å². The van der Waals surface area contributed by atoms with Gasteiger partial charge in [0.05, 0.1) is 16.8 Å². The van der Waals surface area contributed by atoms with Crippen molar-refractivity contribution in [3.8, 4) is 28.1 Å². The van der Waals surface area contributed by atoms with Crippen molar-refractivity contribution < 1.29 is 30.7 Å². The molecule has 0 saturated heterocycles. The number of hydrogen-bond donors (Lipinski definition) is 0. The van der Waals surface area contributed by atoms with E-state index in [1.807, 2.05) is 0 Å². The summed E-state index contributed by atoms with van der Waals surface area (Å²) in [5.74, 6) is -0.668. The standard InChI is InChI=1S/C24H18F4N2O3S/c1-16-9-23(21-7-2-3-8-22(21)25)30(14-16)34(31,32)20-6-4-5-17(11-20)18-10-19(13-29-12-18)33-15-24(26,27)28/h2-14H,15H2,1H3. The van der Waals surface area contributed by atoms with Crippen molar-refractivity contribution in [1.82, 2.24) is 8.96 Å². The third-order valence-corrected chi connectivity index (χ3v) is 6.58. The van der Waals surface area contributed by atoms with Crippen LogP contribution in [0.3, 0.4) is 0 Å². The second-order valence-corrected chi connectivity index (χ2v) is 9.34. The van der Waals surface area contributed by atoms with Crippen molar-refractivity contribution in [2.75, 3.05) is 6.61 Å². The Morgan fingerprint density at radius 2 is 1.74 bits per heavy atom. The molecule has 0 amide bonds. The molecule has 2 heterocycles. The fourth-order valence-corrected chi connectivity index (χ4v) is 4.87. The van der Waals surface area contributed by atoms with E-state index in [-0.39, 0.29) is 21.9 Å². The molecule has 2 aromatic heterocycles. The number of ether oxygens (including phenoxy) is 1. The van der Waals surface area contributed by atoms with Gasteiger partial charge in [0, 0.05) is 23.5 Å². The van der Waals surface area contributed by atoms with E-state index in [1.54, 1.807) is 25.1 Å². The highest BCUT2D eigenvalue weighted by Crippen LogP contribution is 2.31. The van der Waals surface area contributed by atoms with Gasteiger partial charge in [-0.05, 0) is 54.4 Å². The maximum Gasteiger partial charge on any atom is 0.422 e. The van der Waals surface area contributed by atoms with Crippen molar-refractivity contribution in [3.05, 3.63) is 90.6 Å². The van der Waals surface area contributed by atoms with Crippen LogP contribution in [0, 0.1) is 12.7 Å². The molecule has 2 aromatic carbocycles. The molecule has 176 valence electrons. The molecule has 4 rings (SSSR count). The van der Waals surface area contributed by atoms with Crippen molar-refractivity contribution in [2.24, 2.45) is 0 Å². The average molecular weight is 490 g/mol. The molecule has 0 unspecified atom stereocenters. The summed E-state index contributed by atoms with van der Waals surface area (Å²) in [6.45, 7) is 0.225. The zero-order valence-corrected chi connectivity index (χ0v) is 18.6. The molecule has 0 aliphatic rings. The van der Waals surface area contributed by atoms with E-state index in [2.05, 4.69) is 4.98 Å². The lowest BCUT2D eigenvalue weighted by atomic mass is 10.1. The quantitative estimate of drug-likeness (QED) is 0.319. The summed E-state index contributed by atoms with van der Waals surface area (Å²) < 4.78 is 84.5. The first-order chi connectivity index (χ1) is 16.0. The Hall–Kier alpha value is -3.66. The van der Waals surface area contributed by atoms with Crippen LogP contribution < -0.4 is 4.74 Å². The van der Waals surface area contributed by atoms with Crippen LogP contribution in [-0.4, -0.2) is 30.2 Å². The molecular weight excluding hydrogens is 472 g/mol. The maximum atomic E-state index is 14.4. The maximum absolute atomic E-state index is 14.4. The van der Waals surface area contributed by atoms with E-state index in [1.165, 1.54) is 54.9 Å². The van der Waals surface area contributed by atoms with Crippen molar-refractivity contribution in [2.45, 2.75) is 18.0 Å². The second kappa shape index (κ2) is 8.94. The summed E-state index contributed by atoms with van der Waals surface area (Å²) in [5, 5.41) is 0. The van der Waals surface area contributed by atoms with E-state index >= 15 is 0 Å². The summed E-state index contributed by atoms with van der Waals surface area (Å²) in [5.41, 5.74) is 1.70. The summed E-state index contributed by atoms with van der Waals surface area (Å²) >= 11 is 0. The minimum absolute atomic E-state index is 0.0835. The first-order valence-corrected chi connectivity index (χ1v) is 11.4. The lowest BCUT2D eigenvalue weighted by molar-refractivity contribution is -0.153. The van der Waals surface area contributed by atoms with Crippen LogP contribution in [0.2, 0.25) is 0 Å². The monoisotopic (exact) mass is 490 g/mol. The Labute approximate surface area is 193 Å². The molecule has 0 atom stereocenters. The van der Waals surface area contributed by atoms with Gasteiger partial charge in [-0.15, -0.1) is 0 Å². The van der Waals surface area contributed by atoms with Gasteiger partial charge in [0.25, 0.3) is 10.0 Å². The molecule has 0 radical (unpaired) electrons. The SMILES string of the molecule is Cc1cc(-c2ccccc2F)n(S(=O)(=O)c2cccc(-c3cncc(OCC(F)(F)F)c3)c2)c1. The lowest BCUT2D eigenvalue weighted by Crippen LogP contribution is -2.19. The van der Waals surface area contributed by atoms with Crippen molar-refractivity contribution >= 4 is 10.0 Å². The number of halogens is 4. The summed E-state index contributed by atoms with van der Waals surface area (Å²) in [6.07, 6.45) is -0.582. The van der Waals surface area contributed by atoms with Gasteiger partial charge in [0.15, 0.2) is 6.61 Å². The smallest absolute Gasteiger partial charge is 0.422 e. The zero-order chi connectivity index (χ0) is 24.5. The van der Waals surface area contributed by atoms with Crippen LogP contribution in [0.1, 0.15) is 5.56 Å². The summed E-state index contributed by atoms with van der Waals surface area (Å²) in [4.78, 5) is 3.81.